The standard InChI is InChI=1S/C21H25ClN4O6/c1-10-5-11(18(28)24-10)6-16(17(27)21(31)23-2)26-20(30)14-7-13(22)3-4-15(14)25-19(29)12-8-32-9-12/h3-4,7,10-12,16H,5-6,8-9H2,1-2H3,(H,23,31)(H,24,28)(H,25,29)(H,26,30)/t10-,11+,16?/m1/s1. The monoisotopic (exact) mass is 464 g/mol. The summed E-state index contributed by atoms with van der Waals surface area (Å²) in [6, 6.07) is 3.06. The first-order chi connectivity index (χ1) is 15.2. The van der Waals surface area contributed by atoms with E-state index in [0.29, 0.717) is 19.6 Å². The second-order valence-electron chi connectivity index (χ2n) is 7.96. The van der Waals surface area contributed by atoms with Crippen LogP contribution in [0, 0.1) is 11.8 Å². The molecule has 2 saturated heterocycles. The summed E-state index contributed by atoms with van der Waals surface area (Å²) in [5.41, 5.74) is 0.243. The zero-order valence-corrected chi connectivity index (χ0v) is 18.5. The molecule has 0 aromatic heterocycles. The van der Waals surface area contributed by atoms with E-state index in [4.69, 9.17) is 16.3 Å². The lowest BCUT2D eigenvalue weighted by atomic mass is 9.93. The number of hydrogen-bond acceptors (Lipinski definition) is 6. The Balaban J connectivity index is 1.81. The molecule has 0 aliphatic carbocycles. The summed E-state index contributed by atoms with van der Waals surface area (Å²) in [5, 5.41) is 10.5. The third kappa shape index (κ3) is 5.43. The SMILES string of the molecule is CNC(=O)C(=O)C(C[C@@H]1C[C@@H](C)NC1=O)NC(=O)c1cc(Cl)ccc1NC(=O)C1COC1. The number of carbonyl (C=O) groups is 5. The largest absolute Gasteiger partial charge is 0.380 e. The Hall–Kier alpha value is -2.98. The maximum absolute atomic E-state index is 13.1. The zero-order chi connectivity index (χ0) is 23.4. The summed E-state index contributed by atoms with van der Waals surface area (Å²) in [6.45, 7) is 2.43. The number of benzene rings is 1. The molecule has 2 fully saturated rings. The number of ether oxygens (including phenoxy) is 1. The van der Waals surface area contributed by atoms with Crippen molar-refractivity contribution in [2.24, 2.45) is 11.8 Å². The second kappa shape index (κ2) is 10.1. The number of likely N-dealkylation sites (N-methyl/N-ethyl adjacent to an activating group) is 1. The molecule has 1 aromatic rings. The van der Waals surface area contributed by atoms with Gasteiger partial charge in [-0.2, -0.15) is 0 Å². The maximum Gasteiger partial charge on any atom is 0.289 e. The van der Waals surface area contributed by atoms with Gasteiger partial charge in [-0.3, -0.25) is 24.0 Å². The Morgan fingerprint density at radius 2 is 1.97 bits per heavy atom. The van der Waals surface area contributed by atoms with Gasteiger partial charge in [-0.05, 0) is 38.0 Å². The molecule has 0 bridgehead atoms. The van der Waals surface area contributed by atoms with Crippen molar-refractivity contribution in [1.29, 1.82) is 0 Å². The average Bonchev–Trinajstić information content (AvgIpc) is 3.02. The molecule has 4 N–H and O–H groups in total. The molecular weight excluding hydrogens is 440 g/mol. The fraction of sp³-hybridized carbons (Fsp3) is 0.476. The summed E-state index contributed by atoms with van der Waals surface area (Å²) in [5.74, 6) is -3.84. The van der Waals surface area contributed by atoms with Gasteiger partial charge in [0.2, 0.25) is 17.6 Å². The minimum Gasteiger partial charge on any atom is -0.380 e. The topological polar surface area (TPSA) is 143 Å². The molecule has 10 nitrogen and oxygen atoms in total. The van der Waals surface area contributed by atoms with Crippen molar-refractivity contribution in [3.8, 4) is 0 Å². The number of halogens is 1. The molecular formula is C21H25ClN4O6. The maximum atomic E-state index is 13.1. The Bertz CT molecular complexity index is 948. The molecule has 0 spiro atoms. The molecule has 11 heteroatoms. The molecule has 0 radical (unpaired) electrons. The highest BCUT2D eigenvalue weighted by molar-refractivity contribution is 6.38. The Labute approximate surface area is 189 Å². The molecule has 172 valence electrons. The fourth-order valence-electron chi connectivity index (χ4n) is 3.63. The van der Waals surface area contributed by atoms with E-state index in [1.54, 1.807) is 0 Å². The number of ketones is 1. The molecule has 1 aromatic carbocycles. The lowest BCUT2D eigenvalue weighted by molar-refractivity contribution is -0.139. The van der Waals surface area contributed by atoms with Gasteiger partial charge < -0.3 is 26.0 Å². The predicted molar refractivity (Wildman–Crippen MR) is 115 cm³/mol. The van der Waals surface area contributed by atoms with Crippen molar-refractivity contribution in [3.63, 3.8) is 0 Å². The number of rotatable bonds is 8. The third-order valence-electron chi connectivity index (χ3n) is 5.48. The van der Waals surface area contributed by atoms with Crippen LogP contribution in [0.25, 0.3) is 0 Å². The van der Waals surface area contributed by atoms with Crippen LogP contribution in [0.2, 0.25) is 5.02 Å². The molecule has 3 rings (SSSR count). The van der Waals surface area contributed by atoms with E-state index in [1.165, 1.54) is 25.2 Å². The van der Waals surface area contributed by atoms with Crippen LogP contribution in [0.15, 0.2) is 18.2 Å². The van der Waals surface area contributed by atoms with E-state index < -0.39 is 29.6 Å². The molecule has 2 aliphatic heterocycles. The first-order valence-corrected chi connectivity index (χ1v) is 10.6. The number of Topliss-reactive ketones (excluding diaryl/α,β-unsaturated/α-hetero) is 1. The van der Waals surface area contributed by atoms with E-state index in [-0.39, 0.29) is 46.5 Å². The zero-order valence-electron chi connectivity index (χ0n) is 17.7. The van der Waals surface area contributed by atoms with Crippen LogP contribution in [0.1, 0.15) is 30.1 Å². The second-order valence-corrected chi connectivity index (χ2v) is 8.40. The average molecular weight is 465 g/mol. The number of nitrogens with one attached hydrogen (secondary N) is 4. The minimum absolute atomic E-state index is 0.0319. The van der Waals surface area contributed by atoms with Gasteiger partial charge >= 0.3 is 0 Å². The molecule has 3 atom stereocenters. The number of carbonyl (C=O) groups excluding carboxylic acids is 5. The van der Waals surface area contributed by atoms with Crippen molar-refractivity contribution in [2.45, 2.75) is 31.8 Å². The van der Waals surface area contributed by atoms with Crippen molar-refractivity contribution >= 4 is 46.7 Å². The van der Waals surface area contributed by atoms with Gasteiger partial charge in [0.05, 0.1) is 36.4 Å². The van der Waals surface area contributed by atoms with Crippen LogP contribution in [0.3, 0.4) is 0 Å². The Morgan fingerprint density at radius 1 is 1.25 bits per heavy atom. The first kappa shape index (κ1) is 23.7. The molecule has 4 amide bonds. The highest BCUT2D eigenvalue weighted by Gasteiger charge is 2.36. The number of hydrogen-bond donors (Lipinski definition) is 4. The highest BCUT2D eigenvalue weighted by Crippen LogP contribution is 2.24. The normalized spacial score (nSPS) is 21.2. The smallest absolute Gasteiger partial charge is 0.289 e. The van der Waals surface area contributed by atoms with Gasteiger partial charge in [-0.25, -0.2) is 0 Å². The summed E-state index contributed by atoms with van der Waals surface area (Å²) < 4.78 is 5.01. The van der Waals surface area contributed by atoms with Gasteiger partial charge in [0.15, 0.2) is 0 Å². The van der Waals surface area contributed by atoms with Crippen molar-refractivity contribution in [1.82, 2.24) is 16.0 Å². The molecule has 1 unspecified atom stereocenters. The summed E-state index contributed by atoms with van der Waals surface area (Å²) in [4.78, 5) is 62.1. The molecule has 2 heterocycles. The molecule has 32 heavy (non-hydrogen) atoms. The van der Waals surface area contributed by atoms with Crippen LogP contribution in [0.5, 0.6) is 0 Å². The predicted octanol–water partition coefficient (Wildman–Crippen LogP) is 0.253. The van der Waals surface area contributed by atoms with Crippen LogP contribution in [-0.4, -0.2) is 61.8 Å². The lowest BCUT2D eigenvalue weighted by Gasteiger charge is -2.25. The minimum atomic E-state index is -1.23. The number of anilines is 1. The van der Waals surface area contributed by atoms with Gasteiger partial charge in [-0.15, -0.1) is 0 Å². The fourth-order valence-corrected chi connectivity index (χ4v) is 3.80. The molecule has 2 aliphatic rings. The Morgan fingerprint density at radius 3 is 2.53 bits per heavy atom. The van der Waals surface area contributed by atoms with E-state index in [9.17, 15) is 24.0 Å². The van der Waals surface area contributed by atoms with E-state index in [0.717, 1.165) is 0 Å². The van der Waals surface area contributed by atoms with Crippen LogP contribution in [0.4, 0.5) is 5.69 Å². The van der Waals surface area contributed by atoms with Crippen molar-refractivity contribution < 1.29 is 28.7 Å². The summed E-state index contributed by atoms with van der Waals surface area (Å²) in [6.07, 6.45) is 0.448. The van der Waals surface area contributed by atoms with E-state index in [1.807, 2.05) is 6.92 Å². The van der Waals surface area contributed by atoms with Crippen LogP contribution in [-0.2, 0) is 23.9 Å². The number of amides is 4. The van der Waals surface area contributed by atoms with Crippen molar-refractivity contribution in [2.75, 3.05) is 25.6 Å². The third-order valence-corrected chi connectivity index (χ3v) is 5.72. The van der Waals surface area contributed by atoms with Gasteiger partial charge in [0, 0.05) is 24.0 Å². The lowest BCUT2D eigenvalue weighted by Crippen LogP contribution is -2.48. The Kier molecular flexibility index (Phi) is 7.47. The first-order valence-electron chi connectivity index (χ1n) is 10.2. The van der Waals surface area contributed by atoms with E-state index >= 15 is 0 Å². The molecule has 0 saturated carbocycles. The van der Waals surface area contributed by atoms with Gasteiger partial charge in [0.25, 0.3) is 11.8 Å². The highest BCUT2D eigenvalue weighted by atomic mass is 35.5. The summed E-state index contributed by atoms with van der Waals surface area (Å²) >= 11 is 6.05. The van der Waals surface area contributed by atoms with Crippen LogP contribution >= 0.6 is 11.6 Å². The van der Waals surface area contributed by atoms with Gasteiger partial charge in [-0.1, -0.05) is 11.6 Å². The van der Waals surface area contributed by atoms with Crippen LogP contribution < -0.4 is 21.3 Å². The van der Waals surface area contributed by atoms with E-state index in [2.05, 4.69) is 21.3 Å². The quantitative estimate of drug-likeness (QED) is 0.406. The summed E-state index contributed by atoms with van der Waals surface area (Å²) in [7, 11) is 1.30. The van der Waals surface area contributed by atoms with Crippen molar-refractivity contribution in [3.05, 3.63) is 28.8 Å². The van der Waals surface area contributed by atoms with Gasteiger partial charge in [0.1, 0.15) is 0 Å².